The van der Waals surface area contributed by atoms with Crippen LogP contribution in [0.2, 0.25) is 0 Å². The largest absolute Gasteiger partial charge is 0.461 e. The molecular weight excluding hydrogens is 468 g/mol. The number of ketones is 1. The number of hydrogen-bond donors (Lipinski definition) is 0. The highest BCUT2D eigenvalue weighted by Gasteiger charge is 2.63. The highest BCUT2D eigenvalue weighted by molar-refractivity contribution is 5.95. The van der Waals surface area contributed by atoms with Crippen LogP contribution in [0.5, 0.6) is 0 Å². The molecule has 0 amide bonds. The predicted molar refractivity (Wildman–Crippen MR) is 151 cm³/mol. The topological polar surface area (TPSA) is 43.4 Å². The SMILES string of the molecule is CC12CCC(C(=O)OCc3ccccc3)CC1C1=CCC3C4(C)C=CC(=O)C(C)(C)C4CCC3(C)C1CC2. The van der Waals surface area contributed by atoms with Gasteiger partial charge >= 0.3 is 5.97 Å². The zero-order chi connectivity index (χ0) is 26.9. The highest BCUT2D eigenvalue weighted by atomic mass is 16.5. The summed E-state index contributed by atoms with van der Waals surface area (Å²) in [5.41, 5.74) is 3.04. The van der Waals surface area contributed by atoms with Gasteiger partial charge in [-0.25, -0.2) is 0 Å². The van der Waals surface area contributed by atoms with E-state index in [1.54, 1.807) is 5.57 Å². The van der Waals surface area contributed by atoms with Crippen molar-refractivity contribution in [3.8, 4) is 0 Å². The van der Waals surface area contributed by atoms with Crippen LogP contribution in [0.1, 0.15) is 91.5 Å². The molecule has 5 aliphatic rings. The summed E-state index contributed by atoms with van der Waals surface area (Å²) in [6.07, 6.45) is 15.8. The molecule has 1 aromatic carbocycles. The molecule has 3 nitrogen and oxygen atoms in total. The molecule has 0 bridgehead atoms. The lowest BCUT2D eigenvalue weighted by Crippen LogP contribution is -2.59. The van der Waals surface area contributed by atoms with Crippen molar-refractivity contribution in [1.29, 1.82) is 0 Å². The van der Waals surface area contributed by atoms with Gasteiger partial charge in [-0.3, -0.25) is 9.59 Å². The Labute approximate surface area is 229 Å². The zero-order valence-electron chi connectivity index (χ0n) is 24.1. The van der Waals surface area contributed by atoms with Crippen molar-refractivity contribution in [1.82, 2.24) is 0 Å². The molecule has 1 aromatic rings. The van der Waals surface area contributed by atoms with Crippen molar-refractivity contribution in [3.05, 3.63) is 59.7 Å². The number of hydrogen-bond acceptors (Lipinski definition) is 3. The Morgan fingerprint density at radius 1 is 0.921 bits per heavy atom. The van der Waals surface area contributed by atoms with Crippen LogP contribution in [0.15, 0.2) is 54.1 Å². The summed E-state index contributed by atoms with van der Waals surface area (Å²) < 4.78 is 5.83. The highest BCUT2D eigenvalue weighted by Crippen LogP contribution is 2.70. The Morgan fingerprint density at radius 3 is 2.42 bits per heavy atom. The summed E-state index contributed by atoms with van der Waals surface area (Å²) in [7, 11) is 0. The smallest absolute Gasteiger partial charge is 0.309 e. The van der Waals surface area contributed by atoms with Crippen LogP contribution < -0.4 is 0 Å². The van der Waals surface area contributed by atoms with Crippen LogP contribution in [-0.2, 0) is 20.9 Å². The fourth-order valence-electron chi connectivity index (χ4n) is 10.2. The molecule has 8 unspecified atom stereocenters. The summed E-state index contributed by atoms with van der Waals surface area (Å²) in [5.74, 6) is 2.34. The van der Waals surface area contributed by atoms with Gasteiger partial charge in [-0.1, -0.05) is 82.7 Å². The van der Waals surface area contributed by atoms with Gasteiger partial charge in [-0.05, 0) is 103 Å². The lowest BCUT2D eigenvalue weighted by Gasteiger charge is -2.65. The third kappa shape index (κ3) is 3.81. The Hall–Kier alpha value is -2.16. The molecule has 0 aliphatic heterocycles. The second kappa shape index (κ2) is 8.93. The van der Waals surface area contributed by atoms with Crippen LogP contribution >= 0.6 is 0 Å². The number of rotatable bonds is 3. The van der Waals surface area contributed by atoms with Gasteiger partial charge < -0.3 is 4.74 Å². The number of esters is 1. The number of carbonyl (C=O) groups excluding carboxylic acids is 2. The van der Waals surface area contributed by atoms with Crippen LogP contribution in [0.25, 0.3) is 0 Å². The third-order valence-electron chi connectivity index (χ3n) is 12.5. The fraction of sp³-hybridized carbons (Fsp3) is 0.657. The van der Waals surface area contributed by atoms with E-state index in [4.69, 9.17) is 4.74 Å². The first-order valence-corrected chi connectivity index (χ1v) is 15.1. The van der Waals surface area contributed by atoms with Crippen LogP contribution in [0, 0.1) is 51.2 Å². The minimum absolute atomic E-state index is 0.00306. The Morgan fingerprint density at radius 2 is 1.66 bits per heavy atom. The number of benzene rings is 1. The first-order chi connectivity index (χ1) is 18.0. The van der Waals surface area contributed by atoms with E-state index in [9.17, 15) is 9.59 Å². The number of carbonyl (C=O) groups is 2. The number of allylic oxidation sites excluding steroid dienone is 4. The molecule has 0 N–H and O–H groups in total. The van der Waals surface area contributed by atoms with Crippen LogP contribution in [-0.4, -0.2) is 11.8 Å². The van der Waals surface area contributed by atoms with Crippen molar-refractivity contribution in [2.45, 2.75) is 92.6 Å². The summed E-state index contributed by atoms with van der Waals surface area (Å²) in [4.78, 5) is 26.1. The molecule has 3 fully saturated rings. The minimum Gasteiger partial charge on any atom is -0.461 e. The van der Waals surface area contributed by atoms with Gasteiger partial charge in [-0.15, -0.1) is 0 Å². The summed E-state index contributed by atoms with van der Waals surface area (Å²) in [6, 6.07) is 10.0. The molecular formula is C35H46O3. The average molecular weight is 515 g/mol. The fourth-order valence-corrected chi connectivity index (χ4v) is 10.2. The van der Waals surface area contributed by atoms with E-state index in [0.717, 1.165) is 37.7 Å². The van der Waals surface area contributed by atoms with Gasteiger partial charge in [0.05, 0.1) is 5.92 Å². The van der Waals surface area contributed by atoms with Crippen molar-refractivity contribution in [2.75, 3.05) is 0 Å². The number of fused-ring (bicyclic) bond motifs is 7. The molecule has 0 heterocycles. The van der Waals surface area contributed by atoms with Gasteiger partial charge in [0.25, 0.3) is 0 Å². The first kappa shape index (κ1) is 26.1. The maximum atomic E-state index is 13.2. The maximum absolute atomic E-state index is 13.2. The second-order valence-electron chi connectivity index (χ2n) is 14.7. The van der Waals surface area contributed by atoms with Crippen molar-refractivity contribution < 1.29 is 14.3 Å². The molecule has 3 saturated carbocycles. The lowest BCUT2D eigenvalue weighted by molar-refractivity contribution is -0.155. The standard InChI is InChI=1S/C35H46O3/c1-32(2)28-15-19-34(4)26-14-18-33(3)17-13-24(31(37)38-22-23-9-7-6-8-10-23)21-27(33)25(26)11-12-29(34)35(28,5)20-16-30(32)36/h6-11,16,20,24,26-29H,12-15,17-19,21-22H2,1-5H3. The van der Waals surface area contributed by atoms with E-state index in [-0.39, 0.29) is 28.1 Å². The van der Waals surface area contributed by atoms with Gasteiger partial charge in [-0.2, -0.15) is 0 Å². The van der Waals surface area contributed by atoms with E-state index in [1.165, 1.54) is 19.3 Å². The van der Waals surface area contributed by atoms with Crippen molar-refractivity contribution in [2.24, 2.45) is 51.2 Å². The van der Waals surface area contributed by atoms with Gasteiger partial charge in [0.1, 0.15) is 6.61 Å². The molecule has 8 atom stereocenters. The minimum atomic E-state index is -0.281. The van der Waals surface area contributed by atoms with Crippen molar-refractivity contribution >= 4 is 11.8 Å². The molecule has 0 spiro atoms. The molecule has 5 aliphatic carbocycles. The maximum Gasteiger partial charge on any atom is 0.309 e. The Kier molecular flexibility index (Phi) is 6.13. The van der Waals surface area contributed by atoms with E-state index >= 15 is 0 Å². The van der Waals surface area contributed by atoms with Gasteiger partial charge in [0.2, 0.25) is 0 Å². The molecule has 204 valence electrons. The molecule has 0 aromatic heterocycles. The molecule has 38 heavy (non-hydrogen) atoms. The lowest BCUT2D eigenvalue weighted by atomic mass is 9.38. The molecule has 0 radical (unpaired) electrons. The van der Waals surface area contributed by atoms with Crippen molar-refractivity contribution in [3.63, 3.8) is 0 Å². The van der Waals surface area contributed by atoms with Crippen LogP contribution in [0.3, 0.4) is 0 Å². The average Bonchev–Trinajstić information content (AvgIpc) is 2.89. The van der Waals surface area contributed by atoms with E-state index in [2.05, 4.69) is 46.8 Å². The molecule has 3 heteroatoms. The van der Waals surface area contributed by atoms with Crippen LogP contribution in [0.4, 0.5) is 0 Å². The zero-order valence-corrected chi connectivity index (χ0v) is 24.1. The Bertz CT molecular complexity index is 1180. The van der Waals surface area contributed by atoms with Gasteiger partial charge in [0.15, 0.2) is 5.78 Å². The monoisotopic (exact) mass is 514 g/mol. The van der Waals surface area contributed by atoms with E-state index < -0.39 is 0 Å². The summed E-state index contributed by atoms with van der Waals surface area (Å²) >= 11 is 0. The van der Waals surface area contributed by atoms with Gasteiger partial charge in [0, 0.05) is 5.41 Å². The number of ether oxygens (including phenoxy) is 1. The quantitative estimate of drug-likeness (QED) is 0.302. The molecule has 0 saturated heterocycles. The second-order valence-corrected chi connectivity index (χ2v) is 14.7. The summed E-state index contributed by atoms with van der Waals surface area (Å²) in [5, 5.41) is 0. The van der Waals surface area contributed by atoms with E-state index in [0.29, 0.717) is 41.5 Å². The Balaban J connectivity index is 1.25. The summed E-state index contributed by atoms with van der Waals surface area (Å²) in [6.45, 7) is 12.3. The van der Waals surface area contributed by atoms with E-state index in [1.807, 2.05) is 36.4 Å². The normalized spacial score (nSPS) is 43.1. The third-order valence-corrected chi connectivity index (χ3v) is 12.5. The predicted octanol–water partition coefficient (Wildman–Crippen LogP) is 8.10. The first-order valence-electron chi connectivity index (χ1n) is 15.1. The molecule has 6 rings (SSSR count).